The summed E-state index contributed by atoms with van der Waals surface area (Å²) >= 11 is 5.75. The van der Waals surface area contributed by atoms with Crippen molar-refractivity contribution in [1.82, 2.24) is 4.98 Å². The van der Waals surface area contributed by atoms with Gasteiger partial charge in [0.1, 0.15) is 5.69 Å². The highest BCUT2D eigenvalue weighted by atomic mass is 35.5. The number of nitrogen functional groups attached to an aromatic ring is 1. The first-order valence-corrected chi connectivity index (χ1v) is 3.32. The van der Waals surface area contributed by atoms with Crippen molar-refractivity contribution in [3.05, 3.63) is 17.3 Å². The summed E-state index contributed by atoms with van der Waals surface area (Å²) in [6.45, 7) is 0. The van der Waals surface area contributed by atoms with Gasteiger partial charge >= 0.3 is 0 Å². The zero-order valence-electron chi connectivity index (χ0n) is 5.97. The molecule has 0 aromatic carbocycles. The summed E-state index contributed by atoms with van der Waals surface area (Å²) in [7, 11) is 1.50. The van der Waals surface area contributed by atoms with Gasteiger partial charge in [0.15, 0.2) is 0 Å². The van der Waals surface area contributed by atoms with Gasteiger partial charge in [-0.15, -0.1) is 0 Å². The van der Waals surface area contributed by atoms with Crippen LogP contribution in [0.5, 0.6) is 5.88 Å². The number of nitrogens with two attached hydrogens (primary N) is 1. The number of pyridine rings is 1. The number of ether oxygens (including phenoxy) is 1. The van der Waals surface area contributed by atoms with Crippen molar-refractivity contribution in [3.8, 4) is 5.88 Å². The lowest BCUT2D eigenvalue weighted by Gasteiger charge is -2.06. The minimum atomic E-state index is 0.389. The predicted molar refractivity (Wildman–Crippen MR) is 43.6 cm³/mol. The van der Waals surface area contributed by atoms with Gasteiger partial charge in [-0.25, -0.2) is 4.98 Å². The number of aromatic nitrogens is 1. The molecule has 11 heavy (non-hydrogen) atoms. The molecule has 0 unspecified atom stereocenters. The monoisotopic (exact) mass is 173 g/mol. The minimum absolute atomic E-state index is 0.389. The van der Waals surface area contributed by atoms with Gasteiger partial charge in [0.05, 0.1) is 12.1 Å². The Balaban J connectivity index is 3.13. The second kappa shape index (κ2) is 3.41. The highest BCUT2D eigenvalue weighted by Crippen LogP contribution is 2.28. The summed E-state index contributed by atoms with van der Waals surface area (Å²) in [5, 5.41) is 0.486. The van der Waals surface area contributed by atoms with Gasteiger partial charge in [0.25, 0.3) is 0 Å². The van der Waals surface area contributed by atoms with E-state index in [-0.39, 0.29) is 0 Å². The number of hydrogen-bond acceptors (Lipinski definition) is 4. The summed E-state index contributed by atoms with van der Waals surface area (Å²) in [5.74, 6) is 5.56. The van der Waals surface area contributed by atoms with E-state index in [1.165, 1.54) is 7.11 Å². The molecule has 0 radical (unpaired) electrons. The van der Waals surface area contributed by atoms with Gasteiger partial charge in [0.2, 0.25) is 5.88 Å². The second-order valence-corrected chi connectivity index (χ2v) is 2.23. The molecule has 0 aliphatic heterocycles. The summed E-state index contributed by atoms with van der Waals surface area (Å²) in [5.41, 5.74) is 2.89. The van der Waals surface area contributed by atoms with Crippen LogP contribution in [0.2, 0.25) is 5.02 Å². The molecule has 0 atom stereocenters. The van der Waals surface area contributed by atoms with Crippen LogP contribution in [-0.4, -0.2) is 12.1 Å². The Morgan fingerprint density at radius 2 is 2.45 bits per heavy atom. The lowest BCUT2D eigenvalue weighted by atomic mass is 10.4. The Labute approximate surface area is 69.3 Å². The lowest BCUT2D eigenvalue weighted by molar-refractivity contribution is 0.400. The Hall–Kier alpha value is -1.00. The largest absolute Gasteiger partial charge is 0.479 e. The van der Waals surface area contributed by atoms with Crippen molar-refractivity contribution in [2.45, 2.75) is 0 Å². The highest BCUT2D eigenvalue weighted by molar-refractivity contribution is 6.33. The van der Waals surface area contributed by atoms with Gasteiger partial charge in [-0.3, -0.25) is 5.84 Å². The predicted octanol–water partition coefficient (Wildman–Crippen LogP) is 1.03. The van der Waals surface area contributed by atoms with E-state index < -0.39 is 0 Å². The van der Waals surface area contributed by atoms with Crippen LogP contribution in [0, 0.1) is 0 Å². The molecule has 0 bridgehead atoms. The van der Waals surface area contributed by atoms with E-state index in [4.69, 9.17) is 22.2 Å². The average Bonchev–Trinajstić information content (AvgIpc) is 2.04. The first-order valence-electron chi connectivity index (χ1n) is 2.94. The number of methoxy groups -OCH3 is 1. The standard InChI is InChI=1S/C6H8ClN3O/c1-11-6-5(10-8)4(7)2-3-9-6/h2-3,10H,8H2,1H3. The number of nitrogens with one attached hydrogen (secondary N) is 1. The first-order chi connectivity index (χ1) is 5.29. The van der Waals surface area contributed by atoms with Crippen molar-refractivity contribution >= 4 is 17.3 Å². The zero-order valence-corrected chi connectivity index (χ0v) is 6.72. The van der Waals surface area contributed by atoms with E-state index in [2.05, 4.69) is 10.4 Å². The molecular weight excluding hydrogens is 166 g/mol. The molecule has 4 nitrogen and oxygen atoms in total. The smallest absolute Gasteiger partial charge is 0.240 e. The molecule has 1 aromatic heterocycles. The van der Waals surface area contributed by atoms with Crippen molar-refractivity contribution in [2.75, 3.05) is 12.5 Å². The molecule has 0 fully saturated rings. The van der Waals surface area contributed by atoms with Crippen molar-refractivity contribution in [2.24, 2.45) is 5.84 Å². The molecule has 0 spiro atoms. The van der Waals surface area contributed by atoms with Crippen LogP contribution in [0.3, 0.4) is 0 Å². The van der Waals surface area contributed by atoms with E-state index in [1.54, 1.807) is 12.3 Å². The van der Waals surface area contributed by atoms with Crippen molar-refractivity contribution in [1.29, 1.82) is 0 Å². The van der Waals surface area contributed by atoms with Crippen LogP contribution in [0.4, 0.5) is 5.69 Å². The third kappa shape index (κ3) is 1.53. The molecule has 1 heterocycles. The molecule has 0 saturated carbocycles. The number of hydrogen-bond donors (Lipinski definition) is 2. The Bertz CT molecular complexity index is 254. The SMILES string of the molecule is COc1nccc(Cl)c1NN. The third-order valence-corrected chi connectivity index (χ3v) is 1.52. The van der Waals surface area contributed by atoms with Crippen LogP contribution in [-0.2, 0) is 0 Å². The Kier molecular flexibility index (Phi) is 2.51. The van der Waals surface area contributed by atoms with E-state index in [1.807, 2.05) is 0 Å². The fourth-order valence-electron chi connectivity index (χ4n) is 0.706. The van der Waals surface area contributed by atoms with Crippen molar-refractivity contribution < 1.29 is 4.74 Å². The van der Waals surface area contributed by atoms with Gasteiger partial charge < -0.3 is 10.2 Å². The fraction of sp³-hybridized carbons (Fsp3) is 0.167. The quantitative estimate of drug-likeness (QED) is 0.518. The number of anilines is 1. The van der Waals surface area contributed by atoms with Crippen LogP contribution in [0.1, 0.15) is 0 Å². The summed E-state index contributed by atoms with van der Waals surface area (Å²) in [4.78, 5) is 3.88. The average molecular weight is 174 g/mol. The maximum Gasteiger partial charge on any atom is 0.240 e. The molecule has 60 valence electrons. The van der Waals surface area contributed by atoms with Crippen LogP contribution in [0.25, 0.3) is 0 Å². The molecular formula is C6H8ClN3O. The number of rotatable bonds is 2. The Morgan fingerprint density at radius 3 is 2.91 bits per heavy atom. The zero-order chi connectivity index (χ0) is 8.27. The molecule has 1 rings (SSSR count). The lowest BCUT2D eigenvalue weighted by Crippen LogP contribution is -2.09. The molecule has 0 amide bonds. The minimum Gasteiger partial charge on any atom is -0.479 e. The summed E-state index contributed by atoms with van der Waals surface area (Å²) in [6.07, 6.45) is 1.54. The number of nitrogens with zero attached hydrogens (tertiary/aromatic N) is 1. The maximum absolute atomic E-state index is 5.75. The molecule has 5 heteroatoms. The van der Waals surface area contributed by atoms with Crippen molar-refractivity contribution in [3.63, 3.8) is 0 Å². The fourth-order valence-corrected chi connectivity index (χ4v) is 0.898. The van der Waals surface area contributed by atoms with Crippen LogP contribution in [0.15, 0.2) is 12.3 Å². The van der Waals surface area contributed by atoms with Gasteiger partial charge in [-0.05, 0) is 6.07 Å². The topological polar surface area (TPSA) is 60.2 Å². The van der Waals surface area contributed by atoms with E-state index >= 15 is 0 Å². The maximum atomic E-state index is 5.75. The highest BCUT2D eigenvalue weighted by Gasteiger charge is 2.05. The van der Waals surface area contributed by atoms with Crippen LogP contribution >= 0.6 is 11.6 Å². The van der Waals surface area contributed by atoms with Crippen LogP contribution < -0.4 is 16.0 Å². The Morgan fingerprint density at radius 1 is 1.73 bits per heavy atom. The first kappa shape index (κ1) is 8.10. The normalized spacial score (nSPS) is 9.36. The van der Waals surface area contributed by atoms with Gasteiger partial charge in [-0.1, -0.05) is 11.6 Å². The van der Waals surface area contributed by atoms with E-state index in [0.717, 1.165) is 0 Å². The number of halogens is 1. The number of hydrazine groups is 1. The van der Waals surface area contributed by atoms with Gasteiger partial charge in [-0.2, -0.15) is 0 Å². The second-order valence-electron chi connectivity index (χ2n) is 1.82. The molecule has 3 N–H and O–H groups in total. The molecule has 1 aromatic rings. The van der Waals surface area contributed by atoms with E-state index in [0.29, 0.717) is 16.6 Å². The molecule has 0 aliphatic rings. The van der Waals surface area contributed by atoms with Gasteiger partial charge in [0, 0.05) is 6.20 Å². The molecule has 0 saturated heterocycles. The summed E-state index contributed by atoms with van der Waals surface area (Å²) in [6, 6.07) is 1.62. The molecule has 0 aliphatic carbocycles. The van der Waals surface area contributed by atoms with E-state index in [9.17, 15) is 0 Å². The summed E-state index contributed by atoms with van der Waals surface area (Å²) < 4.78 is 4.88. The third-order valence-electron chi connectivity index (χ3n) is 1.20.